The van der Waals surface area contributed by atoms with E-state index in [4.69, 9.17) is 4.74 Å². The highest BCUT2D eigenvalue weighted by molar-refractivity contribution is 5.94. The molecule has 2 amide bonds. The zero-order valence-electron chi connectivity index (χ0n) is 15.5. The monoisotopic (exact) mass is 357 g/mol. The van der Waals surface area contributed by atoms with Crippen molar-refractivity contribution in [3.05, 3.63) is 47.2 Å². The fraction of sp³-hybridized carbons (Fsp3) is 0.500. The summed E-state index contributed by atoms with van der Waals surface area (Å²) in [5.41, 5.74) is 2.50. The summed E-state index contributed by atoms with van der Waals surface area (Å²) in [5, 5.41) is 5.58. The van der Waals surface area contributed by atoms with E-state index < -0.39 is 0 Å². The van der Waals surface area contributed by atoms with E-state index in [9.17, 15) is 9.59 Å². The first-order valence-electron chi connectivity index (χ1n) is 9.34. The third-order valence-electron chi connectivity index (χ3n) is 5.04. The van der Waals surface area contributed by atoms with Gasteiger partial charge >= 0.3 is 12.0 Å². The average Bonchev–Trinajstić information content (AvgIpc) is 3.02. The Morgan fingerprint density at radius 2 is 2.08 bits per heavy atom. The number of nitrogens with one attached hydrogen (secondary N) is 2. The molecule has 26 heavy (non-hydrogen) atoms. The minimum Gasteiger partial charge on any atom is -0.463 e. The van der Waals surface area contributed by atoms with Crippen LogP contribution in [-0.4, -0.2) is 48.7 Å². The van der Waals surface area contributed by atoms with Gasteiger partial charge in [-0.1, -0.05) is 30.3 Å². The molecule has 2 N–H and O–H groups in total. The van der Waals surface area contributed by atoms with Gasteiger partial charge < -0.3 is 15.4 Å². The van der Waals surface area contributed by atoms with E-state index in [1.807, 2.05) is 13.0 Å². The quantitative estimate of drug-likeness (QED) is 0.766. The van der Waals surface area contributed by atoms with Crippen molar-refractivity contribution in [2.45, 2.75) is 45.2 Å². The average molecular weight is 357 g/mol. The lowest BCUT2D eigenvalue weighted by molar-refractivity contribution is -0.139. The van der Waals surface area contributed by atoms with Gasteiger partial charge in [-0.05, 0) is 45.2 Å². The number of carbonyl (C=O) groups is 2. The number of esters is 1. The molecule has 2 aliphatic heterocycles. The van der Waals surface area contributed by atoms with Crippen molar-refractivity contribution in [2.24, 2.45) is 0 Å². The van der Waals surface area contributed by atoms with Crippen LogP contribution in [0.4, 0.5) is 4.79 Å². The molecule has 1 aromatic rings. The van der Waals surface area contributed by atoms with Crippen LogP contribution in [0.2, 0.25) is 0 Å². The molecule has 2 heterocycles. The molecule has 1 saturated heterocycles. The Labute approximate surface area is 154 Å². The molecule has 3 rings (SSSR count). The normalized spacial score (nSPS) is 23.5. The summed E-state index contributed by atoms with van der Waals surface area (Å²) in [5.74, 6) is -0.360. The molecule has 6 heteroatoms. The number of hydrogen-bond donors (Lipinski definition) is 2. The lowest BCUT2D eigenvalue weighted by Gasteiger charge is -2.31. The predicted octanol–water partition coefficient (Wildman–Crippen LogP) is 2.21. The molecule has 2 aliphatic rings. The first-order chi connectivity index (χ1) is 12.6. The maximum absolute atomic E-state index is 12.4. The van der Waals surface area contributed by atoms with Crippen LogP contribution < -0.4 is 10.6 Å². The molecule has 6 nitrogen and oxygen atoms in total. The molecule has 1 aromatic carbocycles. The first kappa shape index (κ1) is 18.5. The Balaban J connectivity index is 1.78. The summed E-state index contributed by atoms with van der Waals surface area (Å²) in [4.78, 5) is 26.7. The third kappa shape index (κ3) is 4.25. The summed E-state index contributed by atoms with van der Waals surface area (Å²) in [6.07, 6.45) is 3.23. The molecule has 1 fully saturated rings. The van der Waals surface area contributed by atoms with Crippen molar-refractivity contribution in [1.82, 2.24) is 15.5 Å². The fourth-order valence-corrected chi connectivity index (χ4v) is 3.83. The van der Waals surface area contributed by atoms with E-state index in [-0.39, 0.29) is 18.0 Å². The Kier molecular flexibility index (Phi) is 5.93. The Morgan fingerprint density at radius 1 is 1.31 bits per heavy atom. The smallest absolute Gasteiger partial charge is 0.337 e. The van der Waals surface area contributed by atoms with Crippen LogP contribution in [0.5, 0.6) is 0 Å². The Hall–Kier alpha value is -2.34. The largest absolute Gasteiger partial charge is 0.463 e. The highest BCUT2D eigenvalue weighted by atomic mass is 16.5. The third-order valence-corrected chi connectivity index (χ3v) is 5.04. The van der Waals surface area contributed by atoms with Gasteiger partial charge in [0.25, 0.3) is 0 Å². The fourth-order valence-electron chi connectivity index (χ4n) is 3.83. The number of ether oxygens (including phenoxy) is 1. The molecule has 140 valence electrons. The van der Waals surface area contributed by atoms with E-state index in [1.165, 1.54) is 5.56 Å². The van der Waals surface area contributed by atoms with E-state index in [0.29, 0.717) is 30.5 Å². The topological polar surface area (TPSA) is 70.7 Å². The van der Waals surface area contributed by atoms with E-state index in [0.717, 1.165) is 25.8 Å². The van der Waals surface area contributed by atoms with Gasteiger partial charge in [-0.3, -0.25) is 4.90 Å². The Morgan fingerprint density at radius 3 is 2.81 bits per heavy atom. The van der Waals surface area contributed by atoms with Gasteiger partial charge in [0, 0.05) is 18.3 Å². The second-order valence-corrected chi connectivity index (χ2v) is 6.89. The number of carbonyl (C=O) groups excluding carboxylic acids is 2. The lowest BCUT2D eigenvalue weighted by atomic mass is 10.0. The minimum absolute atomic E-state index is 0.264. The molecular formula is C20H27N3O3. The van der Waals surface area contributed by atoms with Crippen LogP contribution in [0.25, 0.3) is 0 Å². The molecular weight excluding hydrogens is 330 g/mol. The van der Waals surface area contributed by atoms with Crippen LogP contribution in [-0.2, 0) is 16.0 Å². The standard InChI is InChI=1S/C20H27N3O3/c1-3-26-19(24)18-14(2)21-20(25)22-17(18)13-23-11-7-10-16(23)12-15-8-5-4-6-9-15/h4-6,8-9,14,16H,3,7,10-13H2,1-2H3,(H2,21,22,25)/t14-,16-/m1/s1. The van der Waals surface area contributed by atoms with Crippen molar-refractivity contribution >= 4 is 12.0 Å². The zero-order chi connectivity index (χ0) is 18.5. The molecule has 0 unspecified atom stereocenters. The number of benzene rings is 1. The van der Waals surface area contributed by atoms with Crippen molar-refractivity contribution in [3.63, 3.8) is 0 Å². The second kappa shape index (κ2) is 8.36. The second-order valence-electron chi connectivity index (χ2n) is 6.89. The van der Waals surface area contributed by atoms with Crippen LogP contribution in [0, 0.1) is 0 Å². The van der Waals surface area contributed by atoms with Crippen molar-refractivity contribution < 1.29 is 14.3 Å². The molecule has 2 atom stereocenters. The first-order valence-corrected chi connectivity index (χ1v) is 9.34. The van der Waals surface area contributed by atoms with Gasteiger partial charge in [-0.2, -0.15) is 0 Å². The molecule has 0 spiro atoms. The van der Waals surface area contributed by atoms with E-state index in [2.05, 4.69) is 39.8 Å². The highest BCUT2D eigenvalue weighted by Crippen LogP contribution is 2.24. The molecule has 0 aliphatic carbocycles. The van der Waals surface area contributed by atoms with Crippen molar-refractivity contribution in [2.75, 3.05) is 19.7 Å². The van der Waals surface area contributed by atoms with Crippen LogP contribution >= 0.6 is 0 Å². The van der Waals surface area contributed by atoms with Gasteiger partial charge in [0.1, 0.15) is 0 Å². The molecule has 0 radical (unpaired) electrons. The highest BCUT2D eigenvalue weighted by Gasteiger charge is 2.33. The molecule has 0 saturated carbocycles. The summed E-state index contributed by atoms with van der Waals surface area (Å²) >= 11 is 0. The van der Waals surface area contributed by atoms with Crippen molar-refractivity contribution in [1.29, 1.82) is 0 Å². The maximum atomic E-state index is 12.4. The minimum atomic E-state index is -0.360. The number of nitrogens with zero attached hydrogens (tertiary/aromatic N) is 1. The van der Waals surface area contributed by atoms with Gasteiger partial charge in [0.05, 0.1) is 18.2 Å². The maximum Gasteiger partial charge on any atom is 0.337 e. The van der Waals surface area contributed by atoms with Gasteiger partial charge in [0.15, 0.2) is 0 Å². The van der Waals surface area contributed by atoms with Crippen molar-refractivity contribution in [3.8, 4) is 0 Å². The van der Waals surface area contributed by atoms with E-state index >= 15 is 0 Å². The number of hydrogen-bond acceptors (Lipinski definition) is 4. The number of urea groups is 1. The SMILES string of the molecule is CCOC(=O)C1=C(CN2CCC[C@@H]2Cc2ccccc2)NC(=O)N[C@@H]1C. The summed E-state index contributed by atoms with van der Waals surface area (Å²) in [6, 6.07) is 10.2. The summed E-state index contributed by atoms with van der Waals surface area (Å²) < 4.78 is 5.20. The van der Waals surface area contributed by atoms with Crippen LogP contribution in [0.1, 0.15) is 32.3 Å². The van der Waals surface area contributed by atoms with E-state index in [1.54, 1.807) is 6.92 Å². The van der Waals surface area contributed by atoms with Gasteiger partial charge in [0.2, 0.25) is 0 Å². The van der Waals surface area contributed by atoms with Gasteiger partial charge in [-0.25, -0.2) is 9.59 Å². The summed E-state index contributed by atoms with van der Waals surface area (Å²) in [6.45, 7) is 5.44. The van der Waals surface area contributed by atoms with Gasteiger partial charge in [-0.15, -0.1) is 0 Å². The Bertz CT molecular complexity index is 687. The zero-order valence-corrected chi connectivity index (χ0v) is 15.5. The predicted molar refractivity (Wildman–Crippen MR) is 99.5 cm³/mol. The lowest BCUT2D eigenvalue weighted by Crippen LogP contribution is -2.51. The summed E-state index contributed by atoms with van der Waals surface area (Å²) in [7, 11) is 0. The number of amides is 2. The number of rotatable bonds is 6. The molecule has 0 aromatic heterocycles. The molecule has 0 bridgehead atoms. The van der Waals surface area contributed by atoms with Crippen LogP contribution in [0.3, 0.4) is 0 Å². The number of likely N-dealkylation sites (tertiary alicyclic amines) is 1. The van der Waals surface area contributed by atoms with Crippen LogP contribution in [0.15, 0.2) is 41.6 Å².